The number of amides is 1. The Morgan fingerprint density at radius 2 is 1.86 bits per heavy atom. The van der Waals surface area contributed by atoms with Crippen LogP contribution >= 0.6 is 0 Å². The Hall–Kier alpha value is -1.24. The Kier molecular flexibility index (Phi) is 7.82. The number of aliphatic hydroxyl groups is 2. The fourth-order valence-electron chi connectivity index (χ4n) is 9.24. The number of carbonyl (C=O) groups excluding carboxylic acids is 2. The van der Waals surface area contributed by atoms with Crippen LogP contribution in [0.1, 0.15) is 86.5 Å². The summed E-state index contributed by atoms with van der Waals surface area (Å²) in [6.45, 7) is 12.9. The van der Waals surface area contributed by atoms with Gasteiger partial charge in [-0.05, 0) is 82.2 Å². The second-order valence-electron chi connectivity index (χ2n) is 14.1. The summed E-state index contributed by atoms with van der Waals surface area (Å²) in [5, 5.41) is 25.4. The molecule has 11 atom stereocenters. The van der Waals surface area contributed by atoms with Gasteiger partial charge in [0, 0.05) is 41.7 Å². The van der Waals surface area contributed by atoms with Gasteiger partial charge in [0.2, 0.25) is 5.91 Å². The van der Waals surface area contributed by atoms with Crippen molar-refractivity contribution in [1.29, 1.82) is 0 Å². The predicted molar refractivity (Wildman–Crippen MR) is 147 cm³/mol. The van der Waals surface area contributed by atoms with Crippen molar-refractivity contribution in [2.75, 3.05) is 20.7 Å². The number of fused-ring (bicyclic) bond motifs is 4. The molecule has 4 aliphatic rings. The first-order chi connectivity index (χ1) is 17.2. The maximum atomic E-state index is 13.9. The lowest BCUT2D eigenvalue weighted by Crippen LogP contribution is -2.55. The van der Waals surface area contributed by atoms with Crippen LogP contribution < -0.4 is 5.32 Å². The average Bonchev–Trinajstić information content (AvgIpc) is 2.96. The minimum absolute atomic E-state index is 0.0137. The zero-order valence-electron chi connectivity index (χ0n) is 24.5. The quantitative estimate of drug-likeness (QED) is 0.461. The molecule has 11 unspecified atom stereocenters. The summed E-state index contributed by atoms with van der Waals surface area (Å²) in [4.78, 5) is 28.9. The number of Topliss-reactive ketones (excluding diaryl/α,β-unsaturated/α-hetero) is 1. The lowest BCUT2D eigenvalue weighted by Gasteiger charge is -2.56. The van der Waals surface area contributed by atoms with E-state index in [4.69, 9.17) is 0 Å². The second-order valence-corrected chi connectivity index (χ2v) is 14.1. The highest BCUT2D eigenvalue weighted by Crippen LogP contribution is 2.69. The van der Waals surface area contributed by atoms with Gasteiger partial charge in [0.25, 0.3) is 0 Å². The highest BCUT2D eigenvalue weighted by Gasteiger charge is 2.67. The Morgan fingerprint density at radius 1 is 1.19 bits per heavy atom. The van der Waals surface area contributed by atoms with Gasteiger partial charge in [-0.1, -0.05) is 46.3 Å². The molecule has 4 rings (SSSR count). The van der Waals surface area contributed by atoms with Gasteiger partial charge in [0.15, 0.2) is 0 Å². The third-order valence-corrected chi connectivity index (χ3v) is 12.3. The van der Waals surface area contributed by atoms with Crippen molar-refractivity contribution in [2.45, 2.75) is 105 Å². The van der Waals surface area contributed by atoms with E-state index in [0.717, 1.165) is 32.1 Å². The Morgan fingerprint density at radius 3 is 2.46 bits per heavy atom. The first kappa shape index (κ1) is 28.8. The maximum Gasteiger partial charge on any atom is 0.223 e. The number of rotatable bonds is 6. The van der Waals surface area contributed by atoms with Gasteiger partial charge < -0.3 is 20.4 Å². The van der Waals surface area contributed by atoms with Gasteiger partial charge >= 0.3 is 0 Å². The normalized spacial score (nSPS) is 45.3. The minimum Gasteiger partial charge on any atom is -0.396 e. The fraction of sp³-hybridized carbons (Fsp3) is 0.871. The van der Waals surface area contributed by atoms with Gasteiger partial charge in [0.1, 0.15) is 5.78 Å². The molecule has 3 fully saturated rings. The molecule has 0 bridgehead atoms. The summed E-state index contributed by atoms with van der Waals surface area (Å²) in [6.07, 6.45) is 7.22. The Balaban J connectivity index is 1.66. The molecule has 6 heteroatoms. The van der Waals surface area contributed by atoms with Crippen LogP contribution in [0.25, 0.3) is 0 Å². The number of hydrogen-bond acceptors (Lipinski definition) is 5. The zero-order valence-corrected chi connectivity index (χ0v) is 24.5. The summed E-state index contributed by atoms with van der Waals surface area (Å²) in [7, 11) is 4.14. The second kappa shape index (κ2) is 10.1. The monoisotopic (exact) mass is 516 g/mol. The van der Waals surface area contributed by atoms with Crippen LogP contribution in [0.15, 0.2) is 11.6 Å². The summed E-state index contributed by atoms with van der Waals surface area (Å²) >= 11 is 0. The standard InChI is InChI=1S/C31H52N2O4/c1-9-18(2)28(37)32-26-13-10-20-14-21-23(12-11-22(20)29(26,4)17-34)30(5)16-25(36)27(19(3)33(7)8)31(30,6)15-24(21)35/h10,18-19,21-23,25-27,34,36H,9,11-17H2,1-8H3,(H,32,37). The molecule has 0 aliphatic heterocycles. The summed E-state index contributed by atoms with van der Waals surface area (Å²) in [5.41, 5.74) is 0.486. The van der Waals surface area contributed by atoms with Crippen LogP contribution in [0, 0.1) is 45.8 Å². The average molecular weight is 517 g/mol. The van der Waals surface area contributed by atoms with E-state index < -0.39 is 11.5 Å². The molecule has 0 aromatic carbocycles. The van der Waals surface area contributed by atoms with Crippen molar-refractivity contribution >= 4 is 11.7 Å². The Labute approximate surface area is 224 Å². The number of nitrogens with one attached hydrogen (secondary N) is 1. The van der Waals surface area contributed by atoms with Gasteiger partial charge in [-0.3, -0.25) is 9.59 Å². The molecule has 1 amide bonds. The summed E-state index contributed by atoms with van der Waals surface area (Å²) in [6, 6.07) is 0.0814. The highest BCUT2D eigenvalue weighted by atomic mass is 16.3. The van der Waals surface area contributed by atoms with E-state index in [1.807, 2.05) is 13.8 Å². The molecular formula is C31H52N2O4. The lowest BCUT2D eigenvalue weighted by molar-refractivity contribution is -0.147. The first-order valence-corrected chi connectivity index (χ1v) is 14.7. The van der Waals surface area contributed by atoms with E-state index >= 15 is 0 Å². The molecule has 3 saturated carbocycles. The van der Waals surface area contributed by atoms with E-state index in [-0.39, 0.29) is 65.0 Å². The molecule has 3 N–H and O–H groups in total. The van der Waals surface area contributed by atoms with Gasteiger partial charge in [-0.2, -0.15) is 0 Å². The minimum atomic E-state index is -0.453. The third kappa shape index (κ3) is 4.34. The van der Waals surface area contributed by atoms with Crippen LogP contribution in [-0.2, 0) is 9.59 Å². The lowest BCUT2D eigenvalue weighted by atomic mass is 9.48. The van der Waals surface area contributed by atoms with Crippen LogP contribution in [0.5, 0.6) is 0 Å². The molecule has 210 valence electrons. The Bertz CT molecular complexity index is 932. The van der Waals surface area contributed by atoms with E-state index in [9.17, 15) is 19.8 Å². The van der Waals surface area contributed by atoms with Crippen molar-refractivity contribution < 1.29 is 19.8 Å². The van der Waals surface area contributed by atoms with Crippen LogP contribution in [0.3, 0.4) is 0 Å². The van der Waals surface area contributed by atoms with E-state index in [1.54, 1.807) is 0 Å². The molecular weight excluding hydrogens is 464 g/mol. The van der Waals surface area contributed by atoms with E-state index in [2.05, 4.69) is 58.1 Å². The molecule has 4 aliphatic carbocycles. The molecule has 6 nitrogen and oxygen atoms in total. The van der Waals surface area contributed by atoms with Crippen molar-refractivity contribution in [3.8, 4) is 0 Å². The largest absolute Gasteiger partial charge is 0.396 e. The van der Waals surface area contributed by atoms with Crippen LogP contribution in [0.4, 0.5) is 0 Å². The number of aliphatic hydroxyl groups excluding tert-OH is 2. The van der Waals surface area contributed by atoms with Crippen molar-refractivity contribution in [3.63, 3.8) is 0 Å². The summed E-state index contributed by atoms with van der Waals surface area (Å²) in [5.74, 6) is 0.765. The zero-order chi connectivity index (χ0) is 27.5. The molecule has 0 aromatic rings. The highest BCUT2D eigenvalue weighted by molar-refractivity contribution is 5.84. The number of allylic oxidation sites excluding steroid dienone is 1. The van der Waals surface area contributed by atoms with E-state index in [1.165, 1.54) is 5.57 Å². The summed E-state index contributed by atoms with van der Waals surface area (Å²) < 4.78 is 0. The number of ketones is 1. The fourth-order valence-corrected chi connectivity index (χ4v) is 9.24. The van der Waals surface area contributed by atoms with Crippen LogP contribution in [0.2, 0.25) is 0 Å². The van der Waals surface area contributed by atoms with Crippen LogP contribution in [-0.4, -0.2) is 65.7 Å². The van der Waals surface area contributed by atoms with Gasteiger partial charge in [0.05, 0.1) is 12.7 Å². The van der Waals surface area contributed by atoms with Crippen molar-refractivity contribution in [1.82, 2.24) is 10.2 Å². The smallest absolute Gasteiger partial charge is 0.223 e. The molecule has 0 aromatic heterocycles. The first-order valence-electron chi connectivity index (χ1n) is 14.7. The molecule has 0 heterocycles. The van der Waals surface area contributed by atoms with Crippen molar-refractivity contribution in [3.05, 3.63) is 11.6 Å². The molecule has 0 saturated heterocycles. The molecule has 37 heavy (non-hydrogen) atoms. The number of nitrogens with zero attached hydrogens (tertiary/aromatic N) is 1. The maximum absolute atomic E-state index is 13.9. The van der Waals surface area contributed by atoms with Crippen molar-refractivity contribution in [2.24, 2.45) is 45.8 Å². The van der Waals surface area contributed by atoms with Gasteiger partial charge in [-0.25, -0.2) is 0 Å². The predicted octanol–water partition coefficient (Wildman–Crippen LogP) is 4.19. The van der Waals surface area contributed by atoms with Gasteiger partial charge in [-0.15, -0.1) is 0 Å². The van der Waals surface area contributed by atoms with E-state index in [0.29, 0.717) is 18.6 Å². The molecule has 0 spiro atoms. The number of hydrogen-bond donors (Lipinski definition) is 3. The number of carbonyl (C=O) groups is 2. The third-order valence-electron chi connectivity index (χ3n) is 12.3. The SMILES string of the molecule is CCC(C)C(=O)NC1CC=C2CC3C(=O)CC4(C)C(C(C)N(C)C)C(O)CC4(C)C3CCC2C1(C)CO. The topological polar surface area (TPSA) is 89.9 Å². The molecule has 0 radical (unpaired) electrons.